The molecule has 1 rings (SSSR count). The topological polar surface area (TPSA) is 70.6 Å². The number of hydrogen-bond acceptors (Lipinski definition) is 4. The van der Waals surface area contributed by atoms with Crippen molar-refractivity contribution in [1.29, 1.82) is 0 Å². The van der Waals surface area contributed by atoms with Gasteiger partial charge in [-0.25, -0.2) is 0 Å². The molecule has 2 radical (unpaired) electrons. The van der Waals surface area contributed by atoms with Crippen LogP contribution in [0, 0.1) is 0 Å². The van der Waals surface area contributed by atoms with Crippen molar-refractivity contribution in [3.63, 3.8) is 0 Å². The molecule has 2 unspecified atom stereocenters. The van der Waals surface area contributed by atoms with Gasteiger partial charge in [0.25, 0.3) is 0 Å². The van der Waals surface area contributed by atoms with Crippen LogP contribution in [0.25, 0.3) is 0 Å². The van der Waals surface area contributed by atoms with Crippen molar-refractivity contribution in [3.05, 3.63) is 0 Å². The zero-order valence-corrected chi connectivity index (χ0v) is 9.20. The van der Waals surface area contributed by atoms with Crippen LogP contribution in [-0.2, 0) is 14.0 Å². The Labute approximate surface area is 85.1 Å². The highest BCUT2D eigenvalue weighted by Crippen LogP contribution is 2.30. The largest absolute Gasteiger partial charge is 0.788 e. The van der Waals surface area contributed by atoms with Gasteiger partial charge in [-0.15, -0.1) is 0 Å². The van der Waals surface area contributed by atoms with E-state index in [4.69, 9.17) is 17.3 Å². The minimum atomic E-state index is -3.49. The minimum Gasteiger partial charge on any atom is -0.788 e. The molecule has 0 bridgehead atoms. The van der Waals surface area contributed by atoms with E-state index < -0.39 is 13.5 Å². The predicted molar refractivity (Wildman–Crippen MR) is 51.4 cm³/mol. The molecule has 1 aliphatic rings. The van der Waals surface area contributed by atoms with Crippen LogP contribution in [0.3, 0.4) is 0 Å². The molecular formula is C7H14BNO4P-. The van der Waals surface area contributed by atoms with Gasteiger partial charge in [-0.3, -0.25) is 5.09 Å². The molecule has 4 atom stereocenters. The number of hydrogen-bond donors (Lipinski definition) is 1. The summed E-state index contributed by atoms with van der Waals surface area (Å²) >= 11 is 0. The van der Waals surface area contributed by atoms with Crippen molar-refractivity contribution in [2.24, 2.45) is 0 Å². The predicted octanol–water partition coefficient (Wildman–Crippen LogP) is -0.942. The maximum atomic E-state index is 11.0. The molecule has 14 heavy (non-hydrogen) atoms. The van der Waals surface area contributed by atoms with Crippen molar-refractivity contribution in [2.45, 2.75) is 24.6 Å². The smallest absolute Gasteiger partial charge is 0.109 e. The Morgan fingerprint density at radius 1 is 1.79 bits per heavy atom. The number of nitrogens with one attached hydrogen (secondary N) is 1. The molecule has 1 heterocycles. The summed E-state index contributed by atoms with van der Waals surface area (Å²) < 4.78 is 21.2. The van der Waals surface area contributed by atoms with E-state index in [1.54, 1.807) is 0 Å². The lowest BCUT2D eigenvalue weighted by molar-refractivity contribution is -0.177. The molecule has 1 N–H and O–H groups in total. The van der Waals surface area contributed by atoms with Gasteiger partial charge in [0.15, 0.2) is 0 Å². The van der Waals surface area contributed by atoms with Gasteiger partial charge in [-0.2, -0.15) is 0 Å². The molecule has 5 nitrogen and oxygen atoms in total. The van der Waals surface area contributed by atoms with Gasteiger partial charge in [0.05, 0.1) is 20.2 Å². The fourth-order valence-corrected chi connectivity index (χ4v) is 2.41. The first-order valence-corrected chi connectivity index (χ1v) is 6.46. The van der Waals surface area contributed by atoms with Crippen molar-refractivity contribution in [3.8, 4) is 0 Å². The molecule has 0 spiro atoms. The monoisotopic (exact) mass is 218 g/mol. The molecule has 0 aromatic rings. The van der Waals surface area contributed by atoms with Crippen LogP contribution >= 0.6 is 7.52 Å². The molecule has 0 aromatic heterocycles. The lowest BCUT2D eigenvalue weighted by Crippen LogP contribution is -2.38. The Hall–Kier alpha value is 0.135. The summed E-state index contributed by atoms with van der Waals surface area (Å²) in [4.78, 5) is 11.0. The highest BCUT2D eigenvalue weighted by atomic mass is 31.2. The summed E-state index contributed by atoms with van der Waals surface area (Å²) in [5, 5.41) is 2.50. The Bertz CT molecular complexity index is 234. The molecular weight excluding hydrogens is 204 g/mol. The van der Waals surface area contributed by atoms with Crippen LogP contribution in [-0.4, -0.2) is 46.4 Å². The first-order chi connectivity index (χ1) is 6.42. The Kier molecular flexibility index (Phi) is 4.16. The quantitative estimate of drug-likeness (QED) is 0.487. The van der Waals surface area contributed by atoms with E-state index in [1.165, 1.54) is 7.11 Å². The molecule has 0 saturated carbocycles. The third-order valence-corrected chi connectivity index (χ3v) is 2.82. The van der Waals surface area contributed by atoms with E-state index in [9.17, 15) is 9.46 Å². The first-order valence-electron chi connectivity index (χ1n) is 4.38. The van der Waals surface area contributed by atoms with Gasteiger partial charge in [-0.1, -0.05) is 0 Å². The molecule has 0 aliphatic carbocycles. The van der Waals surface area contributed by atoms with E-state index in [0.717, 1.165) is 6.66 Å². The molecule has 80 valence electrons. The van der Waals surface area contributed by atoms with Crippen molar-refractivity contribution in [2.75, 3.05) is 20.4 Å². The van der Waals surface area contributed by atoms with Crippen molar-refractivity contribution in [1.82, 2.24) is 5.09 Å². The molecule has 0 aromatic carbocycles. The molecule has 1 fully saturated rings. The SMILES string of the molecule is [B][C@H]1CC(NP(C)(=O)[O-])[C@@H](COC)O1. The first kappa shape index (κ1) is 12.2. The van der Waals surface area contributed by atoms with E-state index in [2.05, 4.69) is 5.09 Å². The van der Waals surface area contributed by atoms with Crippen LogP contribution in [0.4, 0.5) is 0 Å². The van der Waals surface area contributed by atoms with E-state index >= 15 is 0 Å². The second-order valence-corrected chi connectivity index (χ2v) is 5.44. The summed E-state index contributed by atoms with van der Waals surface area (Å²) in [6.07, 6.45) is 0.186. The lowest BCUT2D eigenvalue weighted by Gasteiger charge is -2.26. The Morgan fingerprint density at radius 2 is 2.43 bits per heavy atom. The van der Waals surface area contributed by atoms with Gasteiger partial charge in [0, 0.05) is 19.2 Å². The van der Waals surface area contributed by atoms with Crippen LogP contribution in [0.5, 0.6) is 0 Å². The normalized spacial score (nSPS) is 36.9. The van der Waals surface area contributed by atoms with Crippen LogP contribution in [0.1, 0.15) is 6.42 Å². The Balaban J connectivity index is 2.53. The van der Waals surface area contributed by atoms with Gasteiger partial charge in [0.1, 0.15) is 7.85 Å². The van der Waals surface area contributed by atoms with Crippen molar-refractivity contribution >= 4 is 15.4 Å². The zero-order valence-electron chi connectivity index (χ0n) is 8.30. The summed E-state index contributed by atoms with van der Waals surface area (Å²) in [6.45, 7) is 1.48. The summed E-state index contributed by atoms with van der Waals surface area (Å²) in [5.41, 5.74) is 0. The molecule has 1 aliphatic heterocycles. The average Bonchev–Trinajstić information content (AvgIpc) is 2.28. The van der Waals surface area contributed by atoms with Gasteiger partial charge in [0.2, 0.25) is 0 Å². The second kappa shape index (κ2) is 4.77. The van der Waals surface area contributed by atoms with Crippen LogP contribution < -0.4 is 9.98 Å². The summed E-state index contributed by atoms with van der Waals surface area (Å²) in [5.74, 6) is 0. The summed E-state index contributed by atoms with van der Waals surface area (Å²) in [7, 11) is 3.60. The maximum absolute atomic E-state index is 11.0. The summed E-state index contributed by atoms with van der Waals surface area (Å²) in [6, 6.07) is -0.697. The third-order valence-electron chi connectivity index (χ3n) is 2.02. The standard InChI is InChI=1S/C7H15BNO4P/c1-12-4-6-5(3-7(8)13-6)9-14(2,10)11/h5-7H,3-4H2,1-2H3,(H2,9,10,11)/p-1/t5?,6-,7-/m1/s1. The molecule has 7 heteroatoms. The highest BCUT2D eigenvalue weighted by Gasteiger charge is 2.33. The van der Waals surface area contributed by atoms with E-state index in [0.29, 0.717) is 13.0 Å². The number of ether oxygens (including phenoxy) is 2. The average molecular weight is 218 g/mol. The highest BCUT2D eigenvalue weighted by molar-refractivity contribution is 7.53. The van der Waals surface area contributed by atoms with Crippen LogP contribution in [0.15, 0.2) is 0 Å². The fraction of sp³-hybridized carbons (Fsp3) is 1.00. The van der Waals surface area contributed by atoms with Crippen molar-refractivity contribution < 1.29 is 18.9 Å². The van der Waals surface area contributed by atoms with Gasteiger partial charge in [-0.05, 0) is 13.1 Å². The van der Waals surface area contributed by atoms with Gasteiger partial charge < -0.3 is 18.9 Å². The third kappa shape index (κ3) is 3.71. The fourth-order valence-electron chi connectivity index (χ4n) is 1.53. The zero-order chi connectivity index (χ0) is 10.8. The van der Waals surface area contributed by atoms with E-state index in [-0.39, 0.29) is 12.1 Å². The maximum Gasteiger partial charge on any atom is 0.109 e. The number of rotatable bonds is 4. The molecule has 0 amide bonds. The molecule has 1 saturated heterocycles. The Morgan fingerprint density at radius 3 is 2.93 bits per heavy atom. The van der Waals surface area contributed by atoms with Gasteiger partial charge >= 0.3 is 0 Å². The van der Waals surface area contributed by atoms with Crippen LogP contribution in [0.2, 0.25) is 0 Å². The minimum absolute atomic E-state index is 0.279. The van der Waals surface area contributed by atoms with E-state index in [1.807, 2.05) is 0 Å². The number of methoxy groups -OCH3 is 1. The second-order valence-electron chi connectivity index (χ2n) is 3.49. The lowest BCUT2D eigenvalue weighted by atomic mass is 9.95.